The Labute approximate surface area is 83.6 Å². The SMILES string of the molecule is N#Cc1cnc(N2C(=O)CCC2=O)s1. The number of rotatable bonds is 1. The third kappa shape index (κ3) is 1.28. The molecule has 1 aromatic heterocycles. The van der Waals surface area contributed by atoms with Gasteiger partial charge in [0.25, 0.3) is 0 Å². The molecule has 0 aliphatic carbocycles. The maximum absolute atomic E-state index is 11.3. The Kier molecular flexibility index (Phi) is 2.02. The average molecular weight is 207 g/mol. The number of carbonyl (C=O) groups is 2. The van der Waals surface area contributed by atoms with Crippen LogP contribution in [0.15, 0.2) is 6.20 Å². The molecule has 0 radical (unpaired) electrons. The first-order valence-corrected chi connectivity index (χ1v) is 4.76. The predicted octanol–water partition coefficient (Wildman–Crippen LogP) is 0.668. The number of carbonyl (C=O) groups excluding carboxylic acids is 2. The number of amides is 2. The van der Waals surface area contributed by atoms with Crippen LogP contribution >= 0.6 is 11.3 Å². The number of nitrogens with zero attached hydrogens (tertiary/aromatic N) is 3. The van der Waals surface area contributed by atoms with Crippen LogP contribution in [0.25, 0.3) is 0 Å². The quantitative estimate of drug-likeness (QED) is 0.634. The standard InChI is InChI=1S/C8H5N3O2S/c9-3-5-4-10-8(14-5)11-6(12)1-2-7(11)13/h4H,1-2H2. The summed E-state index contributed by atoms with van der Waals surface area (Å²) in [7, 11) is 0. The average Bonchev–Trinajstić information content (AvgIpc) is 2.73. The smallest absolute Gasteiger partial charge is 0.236 e. The summed E-state index contributed by atoms with van der Waals surface area (Å²) in [5.41, 5.74) is 0. The van der Waals surface area contributed by atoms with Crippen molar-refractivity contribution in [3.05, 3.63) is 11.1 Å². The van der Waals surface area contributed by atoms with Crippen molar-refractivity contribution in [2.24, 2.45) is 0 Å². The summed E-state index contributed by atoms with van der Waals surface area (Å²) < 4.78 is 0. The minimum absolute atomic E-state index is 0.236. The van der Waals surface area contributed by atoms with Crippen LogP contribution in [0.5, 0.6) is 0 Å². The number of aromatic nitrogens is 1. The zero-order valence-electron chi connectivity index (χ0n) is 7.06. The number of hydrogen-bond donors (Lipinski definition) is 0. The van der Waals surface area contributed by atoms with Crippen molar-refractivity contribution in [1.29, 1.82) is 5.26 Å². The number of imide groups is 1. The molecule has 2 heterocycles. The maximum atomic E-state index is 11.3. The third-order valence-corrected chi connectivity index (χ3v) is 2.73. The van der Waals surface area contributed by atoms with Crippen LogP contribution < -0.4 is 4.90 Å². The first kappa shape index (κ1) is 8.84. The van der Waals surface area contributed by atoms with E-state index < -0.39 is 0 Å². The van der Waals surface area contributed by atoms with Crippen LogP contribution in [-0.4, -0.2) is 16.8 Å². The zero-order valence-corrected chi connectivity index (χ0v) is 7.87. The Balaban J connectivity index is 2.35. The topological polar surface area (TPSA) is 74.1 Å². The predicted molar refractivity (Wildman–Crippen MR) is 48.6 cm³/mol. The second-order valence-corrected chi connectivity index (χ2v) is 3.75. The Morgan fingerprint density at radius 3 is 2.57 bits per heavy atom. The molecule has 14 heavy (non-hydrogen) atoms. The van der Waals surface area contributed by atoms with Crippen molar-refractivity contribution >= 4 is 28.3 Å². The summed E-state index contributed by atoms with van der Waals surface area (Å²) in [4.78, 5) is 27.8. The van der Waals surface area contributed by atoms with Gasteiger partial charge < -0.3 is 0 Å². The van der Waals surface area contributed by atoms with E-state index in [1.54, 1.807) is 0 Å². The summed E-state index contributed by atoms with van der Waals surface area (Å²) in [6.45, 7) is 0. The molecular formula is C8H5N3O2S. The van der Waals surface area contributed by atoms with Crippen LogP contribution in [0.4, 0.5) is 5.13 Å². The highest BCUT2D eigenvalue weighted by atomic mass is 32.1. The molecule has 0 unspecified atom stereocenters. The minimum atomic E-state index is -0.242. The molecule has 0 aromatic carbocycles. The van der Waals surface area contributed by atoms with Gasteiger partial charge in [-0.15, -0.1) is 0 Å². The molecule has 0 N–H and O–H groups in total. The van der Waals surface area contributed by atoms with E-state index in [4.69, 9.17) is 5.26 Å². The van der Waals surface area contributed by atoms with Gasteiger partial charge in [0.1, 0.15) is 10.9 Å². The Hall–Kier alpha value is -1.74. The molecule has 0 atom stereocenters. The van der Waals surface area contributed by atoms with E-state index in [1.807, 2.05) is 6.07 Å². The minimum Gasteiger partial charge on any atom is -0.274 e. The molecular weight excluding hydrogens is 202 g/mol. The van der Waals surface area contributed by atoms with Gasteiger partial charge in [-0.3, -0.25) is 9.59 Å². The summed E-state index contributed by atoms with van der Waals surface area (Å²) in [5.74, 6) is -0.484. The first-order chi connectivity index (χ1) is 6.72. The van der Waals surface area contributed by atoms with E-state index >= 15 is 0 Å². The highest BCUT2D eigenvalue weighted by Gasteiger charge is 2.32. The fourth-order valence-corrected chi connectivity index (χ4v) is 1.96. The van der Waals surface area contributed by atoms with Crippen molar-refractivity contribution in [2.45, 2.75) is 12.8 Å². The van der Waals surface area contributed by atoms with Crippen molar-refractivity contribution in [3.63, 3.8) is 0 Å². The molecule has 2 rings (SSSR count). The first-order valence-electron chi connectivity index (χ1n) is 3.94. The monoisotopic (exact) mass is 207 g/mol. The van der Waals surface area contributed by atoms with Crippen molar-refractivity contribution in [2.75, 3.05) is 4.90 Å². The van der Waals surface area contributed by atoms with Crippen molar-refractivity contribution in [1.82, 2.24) is 4.98 Å². The van der Waals surface area contributed by atoms with Gasteiger partial charge in [-0.05, 0) is 0 Å². The largest absolute Gasteiger partial charge is 0.274 e. The summed E-state index contributed by atoms with van der Waals surface area (Å²) in [5, 5.41) is 8.86. The fraction of sp³-hybridized carbons (Fsp3) is 0.250. The number of nitriles is 1. The van der Waals surface area contributed by atoms with Crippen LogP contribution in [-0.2, 0) is 9.59 Å². The van der Waals surface area contributed by atoms with Gasteiger partial charge in [0.05, 0.1) is 6.20 Å². The lowest BCUT2D eigenvalue weighted by Gasteiger charge is -2.07. The zero-order chi connectivity index (χ0) is 10.1. The van der Waals surface area contributed by atoms with Crippen LogP contribution in [0.2, 0.25) is 0 Å². The lowest BCUT2D eigenvalue weighted by Crippen LogP contribution is -2.28. The molecule has 1 aromatic rings. The van der Waals surface area contributed by atoms with Gasteiger partial charge in [0.15, 0.2) is 5.13 Å². The Morgan fingerprint density at radius 2 is 2.07 bits per heavy atom. The molecule has 0 saturated carbocycles. The second-order valence-electron chi connectivity index (χ2n) is 2.74. The van der Waals surface area contributed by atoms with E-state index in [2.05, 4.69) is 4.98 Å². The van der Waals surface area contributed by atoms with Gasteiger partial charge in [0, 0.05) is 12.8 Å². The number of anilines is 1. The van der Waals surface area contributed by atoms with Gasteiger partial charge in [-0.2, -0.15) is 5.26 Å². The van der Waals surface area contributed by atoms with Crippen LogP contribution in [0, 0.1) is 11.3 Å². The van der Waals surface area contributed by atoms with Gasteiger partial charge in [0.2, 0.25) is 11.8 Å². The normalized spacial score (nSPS) is 16.1. The van der Waals surface area contributed by atoms with Gasteiger partial charge in [-0.25, -0.2) is 9.88 Å². The number of thiazole rings is 1. The van der Waals surface area contributed by atoms with E-state index in [0.717, 1.165) is 16.2 Å². The van der Waals surface area contributed by atoms with Gasteiger partial charge >= 0.3 is 0 Å². The lowest BCUT2D eigenvalue weighted by molar-refractivity contribution is -0.121. The highest BCUT2D eigenvalue weighted by molar-refractivity contribution is 7.16. The number of hydrogen-bond acceptors (Lipinski definition) is 5. The van der Waals surface area contributed by atoms with E-state index in [-0.39, 0.29) is 24.7 Å². The van der Waals surface area contributed by atoms with E-state index in [0.29, 0.717) is 10.0 Å². The molecule has 1 aliphatic heterocycles. The summed E-state index contributed by atoms with van der Waals surface area (Å²) in [6.07, 6.45) is 1.83. The van der Waals surface area contributed by atoms with Crippen molar-refractivity contribution in [3.8, 4) is 6.07 Å². The van der Waals surface area contributed by atoms with E-state index in [1.165, 1.54) is 6.20 Å². The van der Waals surface area contributed by atoms with Crippen LogP contribution in [0.3, 0.4) is 0 Å². The lowest BCUT2D eigenvalue weighted by atomic mass is 10.4. The maximum Gasteiger partial charge on any atom is 0.236 e. The molecule has 5 nitrogen and oxygen atoms in total. The summed E-state index contributed by atoms with van der Waals surface area (Å²) in [6, 6.07) is 1.91. The molecule has 70 valence electrons. The van der Waals surface area contributed by atoms with E-state index in [9.17, 15) is 9.59 Å². The molecule has 6 heteroatoms. The highest BCUT2D eigenvalue weighted by Crippen LogP contribution is 2.26. The fourth-order valence-electron chi connectivity index (χ4n) is 1.21. The molecule has 1 fully saturated rings. The Bertz CT molecular complexity index is 430. The molecule has 0 spiro atoms. The van der Waals surface area contributed by atoms with Crippen molar-refractivity contribution < 1.29 is 9.59 Å². The molecule has 1 aliphatic rings. The molecule has 1 saturated heterocycles. The Morgan fingerprint density at radius 1 is 1.43 bits per heavy atom. The van der Waals surface area contributed by atoms with Gasteiger partial charge in [-0.1, -0.05) is 11.3 Å². The summed E-state index contributed by atoms with van der Waals surface area (Å²) >= 11 is 1.05. The molecule has 2 amide bonds. The molecule has 0 bridgehead atoms. The second kappa shape index (κ2) is 3.20. The van der Waals surface area contributed by atoms with Crippen LogP contribution in [0.1, 0.15) is 17.7 Å². The third-order valence-electron chi connectivity index (χ3n) is 1.85.